The van der Waals surface area contributed by atoms with Crippen molar-refractivity contribution < 1.29 is 21.6 Å². The smallest absolute Gasteiger partial charge is 0.366 e. The largest absolute Gasteiger partial charge is 0.402 e. The zero-order valence-electron chi connectivity index (χ0n) is 10.2. The number of hydrogen-bond donors (Lipinski definition) is 1. The van der Waals surface area contributed by atoms with Gasteiger partial charge in [0.25, 0.3) is 0 Å². The monoisotopic (exact) mass is 298 g/mol. The summed E-state index contributed by atoms with van der Waals surface area (Å²) < 4.78 is 61.7. The molecule has 0 saturated heterocycles. The minimum absolute atomic E-state index is 0.248. The molecule has 0 aliphatic rings. The number of pyridine rings is 1. The maximum absolute atomic E-state index is 12.4. The van der Waals surface area contributed by atoms with Crippen LogP contribution in [0.4, 0.5) is 13.2 Å². The molecule has 0 aliphatic heterocycles. The van der Waals surface area contributed by atoms with Crippen molar-refractivity contribution in [2.45, 2.75) is 31.0 Å². The molecule has 9 heteroatoms. The Morgan fingerprint density at radius 1 is 1.37 bits per heavy atom. The molecule has 1 aromatic heterocycles. The molecule has 0 aliphatic carbocycles. The summed E-state index contributed by atoms with van der Waals surface area (Å²) in [5.41, 5.74) is -0.855. The maximum Gasteiger partial charge on any atom is 0.402 e. The highest BCUT2D eigenvalue weighted by Crippen LogP contribution is 2.23. The van der Waals surface area contributed by atoms with Crippen molar-refractivity contribution in [3.63, 3.8) is 0 Å². The summed E-state index contributed by atoms with van der Waals surface area (Å²) in [6.45, 7) is 0.974. The van der Waals surface area contributed by atoms with Crippen LogP contribution in [-0.2, 0) is 10.0 Å². The Bertz CT molecular complexity index is 593. The number of aromatic nitrogens is 1. The zero-order valence-corrected chi connectivity index (χ0v) is 11.0. The van der Waals surface area contributed by atoms with E-state index in [1.54, 1.807) is 0 Å². The molecule has 0 fully saturated rings. The SMILES string of the molecule is CC(C)N(CC(F)(F)F)S(=O)(=O)c1c[nH]ccc1=O. The standard InChI is InChI=1S/C10H13F3N2O3S/c1-7(2)15(6-10(11,12)13)19(17,18)9-5-14-4-3-8(9)16/h3-5,7H,6H2,1-2H3,(H,14,16). The molecule has 5 nitrogen and oxygen atoms in total. The van der Waals surface area contributed by atoms with E-state index < -0.39 is 39.1 Å². The Morgan fingerprint density at radius 2 is 1.95 bits per heavy atom. The van der Waals surface area contributed by atoms with E-state index in [0.717, 1.165) is 12.3 Å². The fourth-order valence-corrected chi connectivity index (χ4v) is 3.11. The molecule has 0 spiro atoms. The predicted octanol–water partition coefficient (Wildman–Crippen LogP) is 1.34. The van der Waals surface area contributed by atoms with Crippen LogP contribution in [0.25, 0.3) is 0 Å². The molecule has 1 N–H and O–H groups in total. The van der Waals surface area contributed by atoms with Crippen molar-refractivity contribution in [2.75, 3.05) is 6.54 Å². The van der Waals surface area contributed by atoms with Crippen molar-refractivity contribution in [2.24, 2.45) is 0 Å². The summed E-state index contributed by atoms with van der Waals surface area (Å²) in [6.07, 6.45) is -2.60. The first-order chi connectivity index (χ1) is 8.55. The topological polar surface area (TPSA) is 70.2 Å². The minimum Gasteiger partial charge on any atom is -0.366 e. The summed E-state index contributed by atoms with van der Waals surface area (Å²) in [5, 5.41) is 0. The van der Waals surface area contributed by atoms with Gasteiger partial charge in [-0.2, -0.15) is 17.5 Å². The van der Waals surface area contributed by atoms with E-state index in [1.807, 2.05) is 0 Å². The Hall–Kier alpha value is -1.35. The highest BCUT2D eigenvalue weighted by Gasteiger charge is 2.39. The highest BCUT2D eigenvalue weighted by molar-refractivity contribution is 7.89. The molecule has 108 valence electrons. The molecule has 0 bridgehead atoms. The third-order valence-electron chi connectivity index (χ3n) is 2.29. The third-order valence-corrected chi connectivity index (χ3v) is 4.33. The number of sulfonamides is 1. The van der Waals surface area contributed by atoms with E-state index >= 15 is 0 Å². The van der Waals surface area contributed by atoms with Gasteiger partial charge in [0.05, 0.1) is 0 Å². The molecule has 0 aromatic carbocycles. The van der Waals surface area contributed by atoms with Crippen molar-refractivity contribution in [1.29, 1.82) is 0 Å². The number of aromatic amines is 1. The summed E-state index contributed by atoms with van der Waals surface area (Å²) >= 11 is 0. The van der Waals surface area contributed by atoms with Gasteiger partial charge in [0, 0.05) is 24.5 Å². The van der Waals surface area contributed by atoms with Crippen molar-refractivity contribution >= 4 is 10.0 Å². The third kappa shape index (κ3) is 3.80. The number of nitrogens with one attached hydrogen (secondary N) is 1. The number of H-pyrrole nitrogens is 1. The average molecular weight is 298 g/mol. The summed E-state index contributed by atoms with van der Waals surface area (Å²) in [7, 11) is -4.49. The fraction of sp³-hybridized carbons (Fsp3) is 0.500. The summed E-state index contributed by atoms with van der Waals surface area (Å²) in [5.74, 6) is 0. The van der Waals surface area contributed by atoms with E-state index in [-0.39, 0.29) is 4.31 Å². The van der Waals surface area contributed by atoms with Crippen LogP contribution in [0.2, 0.25) is 0 Å². The molecule has 0 radical (unpaired) electrons. The predicted molar refractivity (Wildman–Crippen MR) is 62.1 cm³/mol. The van der Waals surface area contributed by atoms with Crippen LogP contribution in [0.3, 0.4) is 0 Å². The first-order valence-corrected chi connectivity index (χ1v) is 6.75. The van der Waals surface area contributed by atoms with E-state index in [2.05, 4.69) is 4.98 Å². The van der Waals surface area contributed by atoms with Crippen molar-refractivity contribution in [3.8, 4) is 0 Å². The number of hydrogen-bond acceptors (Lipinski definition) is 3. The van der Waals surface area contributed by atoms with Gasteiger partial charge in [-0.1, -0.05) is 0 Å². The van der Waals surface area contributed by atoms with Gasteiger partial charge in [-0.25, -0.2) is 8.42 Å². The lowest BCUT2D eigenvalue weighted by Crippen LogP contribution is -2.44. The molecule has 1 heterocycles. The van der Waals surface area contributed by atoms with Crippen molar-refractivity contribution in [3.05, 3.63) is 28.7 Å². The zero-order chi connectivity index (χ0) is 14.8. The number of halogens is 3. The molecule has 0 unspecified atom stereocenters. The van der Waals surface area contributed by atoms with Crippen LogP contribution in [0.1, 0.15) is 13.8 Å². The highest BCUT2D eigenvalue weighted by atomic mass is 32.2. The van der Waals surface area contributed by atoms with Gasteiger partial charge in [0.15, 0.2) is 0 Å². The first kappa shape index (κ1) is 15.7. The van der Waals surface area contributed by atoms with Crippen molar-refractivity contribution in [1.82, 2.24) is 9.29 Å². The van der Waals surface area contributed by atoms with Crippen LogP contribution >= 0.6 is 0 Å². The molecule has 1 rings (SSSR count). The van der Waals surface area contributed by atoms with Crippen LogP contribution in [-0.4, -0.2) is 36.5 Å². The molecular weight excluding hydrogens is 285 g/mol. The molecule has 19 heavy (non-hydrogen) atoms. The second kappa shape index (κ2) is 5.33. The Kier molecular flexibility index (Phi) is 4.41. The number of alkyl halides is 3. The van der Waals surface area contributed by atoms with E-state index in [9.17, 15) is 26.4 Å². The second-order valence-electron chi connectivity index (χ2n) is 4.13. The van der Waals surface area contributed by atoms with Crippen LogP contribution in [0.15, 0.2) is 28.2 Å². The lowest BCUT2D eigenvalue weighted by atomic mass is 10.4. The van der Waals surface area contributed by atoms with Crippen LogP contribution in [0, 0.1) is 0 Å². The number of nitrogens with zero attached hydrogens (tertiary/aromatic N) is 1. The molecular formula is C10H13F3N2O3S. The Balaban J connectivity index is 3.30. The quantitative estimate of drug-likeness (QED) is 0.912. The van der Waals surface area contributed by atoms with Gasteiger partial charge >= 0.3 is 6.18 Å². The van der Waals surface area contributed by atoms with E-state index in [4.69, 9.17) is 0 Å². The molecule has 0 saturated carbocycles. The fourth-order valence-electron chi connectivity index (χ4n) is 1.45. The lowest BCUT2D eigenvalue weighted by Gasteiger charge is -2.26. The van der Waals surface area contributed by atoms with Gasteiger partial charge in [-0.05, 0) is 13.8 Å². The van der Waals surface area contributed by atoms with Gasteiger partial charge < -0.3 is 4.98 Å². The molecule has 0 atom stereocenters. The maximum atomic E-state index is 12.4. The normalized spacial score (nSPS) is 13.2. The van der Waals surface area contributed by atoms with Crippen LogP contribution in [0.5, 0.6) is 0 Å². The van der Waals surface area contributed by atoms with Gasteiger partial charge in [-0.15, -0.1) is 0 Å². The molecule has 0 amide bonds. The number of rotatable bonds is 4. The first-order valence-electron chi connectivity index (χ1n) is 5.31. The van der Waals surface area contributed by atoms with Gasteiger partial charge in [0.2, 0.25) is 15.5 Å². The summed E-state index contributed by atoms with van der Waals surface area (Å²) in [4.78, 5) is 13.1. The molecule has 1 aromatic rings. The lowest BCUT2D eigenvalue weighted by molar-refractivity contribution is -0.138. The van der Waals surface area contributed by atoms with Gasteiger partial charge in [-0.3, -0.25) is 4.79 Å². The Labute approximate surface area is 108 Å². The second-order valence-corrected chi connectivity index (χ2v) is 5.99. The van der Waals surface area contributed by atoms with Crippen LogP contribution < -0.4 is 5.43 Å². The van der Waals surface area contributed by atoms with E-state index in [1.165, 1.54) is 20.0 Å². The summed E-state index contributed by atoms with van der Waals surface area (Å²) in [6, 6.07) is 0.0186. The minimum atomic E-state index is -4.68. The van der Waals surface area contributed by atoms with E-state index in [0.29, 0.717) is 0 Å². The Morgan fingerprint density at radius 3 is 2.37 bits per heavy atom. The average Bonchev–Trinajstić information content (AvgIpc) is 2.24. The van der Waals surface area contributed by atoms with Gasteiger partial charge in [0.1, 0.15) is 11.4 Å².